The van der Waals surface area contributed by atoms with E-state index in [9.17, 15) is 12.8 Å². The molecular formula is C13H19ClFNO4S. The first-order valence-corrected chi connectivity index (χ1v) is 8.44. The van der Waals surface area contributed by atoms with Gasteiger partial charge in [0, 0.05) is 30.3 Å². The predicted octanol–water partition coefficient (Wildman–Crippen LogP) is 2.07. The monoisotopic (exact) mass is 339 g/mol. The maximum Gasteiger partial charge on any atom is 0.243 e. The van der Waals surface area contributed by atoms with Crippen LogP contribution in [0.5, 0.6) is 0 Å². The van der Waals surface area contributed by atoms with Crippen molar-refractivity contribution in [2.24, 2.45) is 0 Å². The fraction of sp³-hybridized carbons (Fsp3) is 0.538. The molecule has 0 aliphatic carbocycles. The lowest BCUT2D eigenvalue weighted by molar-refractivity contribution is 0.133. The lowest BCUT2D eigenvalue weighted by atomic mass is 10.2. The van der Waals surface area contributed by atoms with Crippen molar-refractivity contribution in [1.29, 1.82) is 0 Å². The Labute approximate surface area is 129 Å². The van der Waals surface area contributed by atoms with E-state index in [1.807, 2.05) is 6.92 Å². The SMILES string of the molecule is CCCOCCCNS(=O)(=O)c1cc(Cl)cc(CO)c1F. The van der Waals surface area contributed by atoms with Crippen LogP contribution in [0.2, 0.25) is 5.02 Å². The topological polar surface area (TPSA) is 75.6 Å². The Bertz CT molecular complexity index is 566. The van der Waals surface area contributed by atoms with Gasteiger partial charge in [0.2, 0.25) is 10.0 Å². The predicted molar refractivity (Wildman–Crippen MR) is 78.2 cm³/mol. The second kappa shape index (κ2) is 8.65. The van der Waals surface area contributed by atoms with Crippen LogP contribution in [0.25, 0.3) is 0 Å². The average molecular weight is 340 g/mol. The van der Waals surface area contributed by atoms with Crippen LogP contribution in [0.15, 0.2) is 17.0 Å². The van der Waals surface area contributed by atoms with Crippen LogP contribution in [-0.4, -0.2) is 33.3 Å². The van der Waals surface area contributed by atoms with Crippen LogP contribution in [-0.2, 0) is 21.4 Å². The van der Waals surface area contributed by atoms with Crippen molar-refractivity contribution in [1.82, 2.24) is 4.72 Å². The zero-order chi connectivity index (χ0) is 15.9. The van der Waals surface area contributed by atoms with Gasteiger partial charge in [0.1, 0.15) is 10.7 Å². The minimum absolute atomic E-state index is 0.0482. The minimum Gasteiger partial charge on any atom is -0.392 e. The van der Waals surface area contributed by atoms with Gasteiger partial charge in [-0.15, -0.1) is 0 Å². The van der Waals surface area contributed by atoms with Crippen molar-refractivity contribution in [2.45, 2.75) is 31.3 Å². The van der Waals surface area contributed by atoms with E-state index in [1.54, 1.807) is 0 Å². The maximum atomic E-state index is 14.0. The van der Waals surface area contributed by atoms with E-state index in [2.05, 4.69) is 4.72 Å². The molecule has 1 aromatic carbocycles. The van der Waals surface area contributed by atoms with Crippen molar-refractivity contribution >= 4 is 21.6 Å². The van der Waals surface area contributed by atoms with Crippen molar-refractivity contribution in [3.63, 3.8) is 0 Å². The van der Waals surface area contributed by atoms with Crippen molar-refractivity contribution in [3.05, 3.63) is 28.5 Å². The van der Waals surface area contributed by atoms with E-state index < -0.39 is 27.3 Å². The number of aliphatic hydroxyl groups is 1. The van der Waals surface area contributed by atoms with Crippen LogP contribution in [0.1, 0.15) is 25.3 Å². The van der Waals surface area contributed by atoms with E-state index in [4.69, 9.17) is 21.4 Å². The first-order chi connectivity index (χ1) is 9.92. The molecule has 8 heteroatoms. The molecule has 2 N–H and O–H groups in total. The highest BCUT2D eigenvalue weighted by Crippen LogP contribution is 2.23. The van der Waals surface area contributed by atoms with Crippen molar-refractivity contribution in [2.75, 3.05) is 19.8 Å². The van der Waals surface area contributed by atoms with Gasteiger partial charge in [-0.1, -0.05) is 18.5 Å². The molecule has 0 bridgehead atoms. The number of hydrogen-bond donors (Lipinski definition) is 2. The van der Waals surface area contributed by atoms with Crippen molar-refractivity contribution in [3.8, 4) is 0 Å². The molecule has 1 rings (SSSR count). The number of rotatable bonds is 9. The Balaban J connectivity index is 2.72. The summed E-state index contributed by atoms with van der Waals surface area (Å²) in [4.78, 5) is -0.562. The molecule has 0 saturated carbocycles. The number of hydrogen-bond acceptors (Lipinski definition) is 4. The Morgan fingerprint density at radius 3 is 2.71 bits per heavy atom. The van der Waals surface area contributed by atoms with Gasteiger partial charge >= 0.3 is 0 Å². The summed E-state index contributed by atoms with van der Waals surface area (Å²) in [5.74, 6) is -0.989. The van der Waals surface area contributed by atoms with Crippen LogP contribution in [0, 0.1) is 5.82 Å². The molecule has 0 fully saturated rings. The largest absolute Gasteiger partial charge is 0.392 e. The number of benzene rings is 1. The number of nitrogens with one attached hydrogen (secondary N) is 1. The van der Waals surface area contributed by atoms with Gasteiger partial charge in [-0.05, 0) is 25.0 Å². The second-order valence-electron chi connectivity index (χ2n) is 4.40. The molecule has 120 valence electrons. The molecule has 0 amide bonds. The minimum atomic E-state index is -4.01. The van der Waals surface area contributed by atoms with E-state index >= 15 is 0 Å². The molecule has 0 heterocycles. The van der Waals surface area contributed by atoms with Gasteiger partial charge in [0.25, 0.3) is 0 Å². The Morgan fingerprint density at radius 1 is 1.38 bits per heavy atom. The Kier molecular flexibility index (Phi) is 7.55. The average Bonchev–Trinajstić information content (AvgIpc) is 2.44. The Hall–Kier alpha value is -0.730. The zero-order valence-corrected chi connectivity index (χ0v) is 13.3. The van der Waals surface area contributed by atoms with Crippen LogP contribution in [0.3, 0.4) is 0 Å². The third-order valence-corrected chi connectivity index (χ3v) is 4.32. The molecule has 21 heavy (non-hydrogen) atoms. The summed E-state index contributed by atoms with van der Waals surface area (Å²) in [6.07, 6.45) is 1.37. The van der Waals surface area contributed by atoms with Gasteiger partial charge in [0.05, 0.1) is 6.61 Å². The molecule has 0 radical (unpaired) electrons. The number of halogens is 2. The fourth-order valence-electron chi connectivity index (χ4n) is 1.63. The second-order valence-corrected chi connectivity index (χ2v) is 6.57. The van der Waals surface area contributed by atoms with E-state index in [0.717, 1.165) is 12.5 Å². The lowest BCUT2D eigenvalue weighted by Gasteiger charge is -2.10. The molecule has 0 aliphatic rings. The molecule has 0 aliphatic heterocycles. The summed E-state index contributed by atoms with van der Waals surface area (Å²) in [6, 6.07) is 2.21. The summed E-state index contributed by atoms with van der Waals surface area (Å²) >= 11 is 5.74. The van der Waals surface area contributed by atoms with E-state index in [1.165, 1.54) is 6.07 Å². The van der Waals surface area contributed by atoms with Crippen LogP contribution >= 0.6 is 11.6 Å². The highest BCUT2D eigenvalue weighted by Gasteiger charge is 2.21. The molecule has 0 aromatic heterocycles. The third-order valence-electron chi connectivity index (χ3n) is 2.65. The highest BCUT2D eigenvalue weighted by molar-refractivity contribution is 7.89. The smallest absolute Gasteiger partial charge is 0.243 e. The molecule has 0 spiro atoms. The lowest BCUT2D eigenvalue weighted by Crippen LogP contribution is -2.26. The summed E-state index contributed by atoms with van der Waals surface area (Å²) < 4.78 is 45.5. The van der Waals surface area contributed by atoms with Gasteiger partial charge < -0.3 is 9.84 Å². The first-order valence-electron chi connectivity index (χ1n) is 6.58. The normalized spacial score (nSPS) is 11.8. The van der Waals surface area contributed by atoms with Gasteiger partial charge in [-0.2, -0.15) is 0 Å². The summed E-state index contributed by atoms with van der Waals surface area (Å²) in [5.41, 5.74) is -0.158. The van der Waals surface area contributed by atoms with Crippen LogP contribution < -0.4 is 4.72 Å². The Morgan fingerprint density at radius 2 is 2.10 bits per heavy atom. The third kappa shape index (κ3) is 5.52. The summed E-state index contributed by atoms with van der Waals surface area (Å²) in [7, 11) is -4.01. The van der Waals surface area contributed by atoms with E-state index in [-0.39, 0.29) is 17.1 Å². The quantitative estimate of drug-likeness (QED) is 0.675. The number of sulfonamides is 1. The first kappa shape index (κ1) is 18.3. The van der Waals surface area contributed by atoms with E-state index in [0.29, 0.717) is 19.6 Å². The fourth-order valence-corrected chi connectivity index (χ4v) is 3.16. The standard InChI is InChI=1S/C13H19ClFNO4S/c1-2-5-20-6-3-4-16-21(18,19)12-8-11(14)7-10(9-17)13(12)15/h7-8,16-17H,2-6,9H2,1H3. The molecular weight excluding hydrogens is 321 g/mol. The molecule has 1 aromatic rings. The summed E-state index contributed by atoms with van der Waals surface area (Å²) in [6.45, 7) is 2.53. The molecule has 0 saturated heterocycles. The summed E-state index contributed by atoms with van der Waals surface area (Å²) in [5, 5.41) is 9.05. The maximum absolute atomic E-state index is 14.0. The number of ether oxygens (including phenoxy) is 1. The van der Waals surface area contributed by atoms with Crippen LogP contribution in [0.4, 0.5) is 4.39 Å². The van der Waals surface area contributed by atoms with Gasteiger partial charge in [-0.3, -0.25) is 0 Å². The highest BCUT2D eigenvalue weighted by atomic mass is 35.5. The zero-order valence-electron chi connectivity index (χ0n) is 11.7. The molecule has 0 atom stereocenters. The molecule has 0 unspecified atom stereocenters. The van der Waals surface area contributed by atoms with Gasteiger partial charge in [-0.25, -0.2) is 17.5 Å². The van der Waals surface area contributed by atoms with Crippen molar-refractivity contribution < 1.29 is 22.7 Å². The number of aliphatic hydroxyl groups excluding tert-OH is 1. The van der Waals surface area contributed by atoms with Gasteiger partial charge in [0.15, 0.2) is 0 Å². The molecule has 5 nitrogen and oxygen atoms in total.